The molecule has 1 rings (SSSR count). The van der Waals surface area contributed by atoms with Gasteiger partial charge in [-0.05, 0) is 25.5 Å². The van der Waals surface area contributed by atoms with Crippen LogP contribution in [0.25, 0.3) is 0 Å². The van der Waals surface area contributed by atoms with Crippen LogP contribution in [-0.2, 0) is 0 Å². The van der Waals surface area contributed by atoms with E-state index in [1.807, 2.05) is 11.8 Å². The van der Waals surface area contributed by atoms with E-state index in [1.54, 1.807) is 0 Å². The number of piperazine rings is 1. The van der Waals surface area contributed by atoms with Crippen LogP contribution in [0.1, 0.15) is 40.0 Å². The fourth-order valence-electron chi connectivity index (χ4n) is 2.70. The van der Waals surface area contributed by atoms with Crippen LogP contribution in [0.2, 0.25) is 0 Å². The summed E-state index contributed by atoms with van der Waals surface area (Å²) in [5, 5.41) is 3.73. The molecule has 0 aromatic carbocycles. The molecule has 0 spiro atoms. The summed E-state index contributed by atoms with van der Waals surface area (Å²) in [6, 6.07) is 0.773. The van der Waals surface area contributed by atoms with Gasteiger partial charge in [0.25, 0.3) is 0 Å². The normalized spacial score (nSPS) is 23.2. The zero-order chi connectivity index (χ0) is 12.0. The third-order valence-electron chi connectivity index (χ3n) is 4.11. The van der Waals surface area contributed by atoms with Crippen LogP contribution < -0.4 is 5.32 Å². The van der Waals surface area contributed by atoms with E-state index in [0.717, 1.165) is 12.6 Å². The van der Waals surface area contributed by atoms with Crippen LogP contribution >= 0.6 is 11.8 Å². The van der Waals surface area contributed by atoms with E-state index in [9.17, 15) is 0 Å². The highest BCUT2D eigenvalue weighted by molar-refractivity contribution is 7.98. The maximum Gasteiger partial charge on any atom is 0.0304 e. The summed E-state index contributed by atoms with van der Waals surface area (Å²) in [4.78, 5) is 2.71. The number of thioether (sulfide) groups is 1. The predicted molar refractivity (Wildman–Crippen MR) is 75.3 cm³/mol. The van der Waals surface area contributed by atoms with Gasteiger partial charge in [-0.15, -0.1) is 0 Å². The lowest BCUT2D eigenvalue weighted by molar-refractivity contribution is 0.0922. The van der Waals surface area contributed by atoms with Gasteiger partial charge in [0.1, 0.15) is 0 Å². The third-order valence-corrected chi connectivity index (χ3v) is 4.82. The minimum absolute atomic E-state index is 0.379. The molecule has 16 heavy (non-hydrogen) atoms. The van der Waals surface area contributed by atoms with Crippen molar-refractivity contribution in [1.82, 2.24) is 10.2 Å². The van der Waals surface area contributed by atoms with Crippen molar-refractivity contribution in [2.24, 2.45) is 0 Å². The molecular weight excluding hydrogens is 216 g/mol. The molecule has 0 saturated carbocycles. The second-order valence-corrected chi connectivity index (χ2v) is 5.81. The van der Waals surface area contributed by atoms with Crippen molar-refractivity contribution in [3.63, 3.8) is 0 Å². The molecule has 0 aliphatic carbocycles. The highest BCUT2D eigenvalue weighted by atomic mass is 32.2. The standard InChI is InChI=1S/C13H28N2S/c1-5-12(10-16-4)15-9-8-14-13(6-2,7-3)11-15/h12,14H,5-11H2,1-4H3. The van der Waals surface area contributed by atoms with Crippen molar-refractivity contribution in [3.05, 3.63) is 0 Å². The molecule has 3 heteroatoms. The van der Waals surface area contributed by atoms with Gasteiger partial charge in [0.05, 0.1) is 0 Å². The second kappa shape index (κ2) is 6.87. The lowest BCUT2D eigenvalue weighted by atomic mass is 9.89. The van der Waals surface area contributed by atoms with Crippen LogP contribution in [0.5, 0.6) is 0 Å². The average Bonchev–Trinajstić information content (AvgIpc) is 2.36. The maximum atomic E-state index is 3.73. The number of rotatable bonds is 6. The van der Waals surface area contributed by atoms with Crippen LogP contribution in [0.15, 0.2) is 0 Å². The third kappa shape index (κ3) is 3.38. The van der Waals surface area contributed by atoms with Gasteiger partial charge in [0.2, 0.25) is 0 Å². The first-order valence-electron chi connectivity index (χ1n) is 6.69. The summed E-state index contributed by atoms with van der Waals surface area (Å²) in [5.74, 6) is 1.28. The van der Waals surface area contributed by atoms with Crippen LogP contribution in [0, 0.1) is 0 Å². The molecule has 1 unspecified atom stereocenters. The molecule has 0 bridgehead atoms. The smallest absolute Gasteiger partial charge is 0.0304 e. The van der Waals surface area contributed by atoms with Crippen LogP contribution in [0.4, 0.5) is 0 Å². The van der Waals surface area contributed by atoms with Gasteiger partial charge in [-0.25, -0.2) is 0 Å². The molecular formula is C13H28N2S. The summed E-state index contributed by atoms with van der Waals surface area (Å²) in [6.45, 7) is 10.6. The van der Waals surface area contributed by atoms with Gasteiger partial charge in [0.15, 0.2) is 0 Å². The van der Waals surface area contributed by atoms with Gasteiger partial charge in [0, 0.05) is 37.0 Å². The van der Waals surface area contributed by atoms with E-state index < -0.39 is 0 Å². The molecule has 1 saturated heterocycles. The fourth-order valence-corrected chi connectivity index (χ4v) is 3.53. The molecule has 1 atom stereocenters. The largest absolute Gasteiger partial charge is 0.309 e. The molecule has 1 heterocycles. The summed E-state index contributed by atoms with van der Waals surface area (Å²) in [7, 11) is 0. The number of nitrogens with zero attached hydrogens (tertiary/aromatic N) is 1. The van der Waals surface area contributed by atoms with Gasteiger partial charge in [-0.1, -0.05) is 20.8 Å². The van der Waals surface area contributed by atoms with Gasteiger partial charge < -0.3 is 5.32 Å². The molecule has 0 aromatic heterocycles. The Kier molecular flexibility index (Phi) is 6.16. The molecule has 96 valence electrons. The average molecular weight is 244 g/mol. The van der Waals surface area contributed by atoms with Crippen LogP contribution in [-0.4, -0.2) is 48.1 Å². The summed E-state index contributed by atoms with van der Waals surface area (Å²) in [5.41, 5.74) is 0.379. The molecule has 1 aliphatic heterocycles. The molecule has 1 N–H and O–H groups in total. The molecule has 1 fully saturated rings. The Hall–Kier alpha value is 0.270. The Morgan fingerprint density at radius 3 is 2.50 bits per heavy atom. The van der Waals surface area contributed by atoms with E-state index in [1.165, 1.54) is 38.1 Å². The maximum absolute atomic E-state index is 3.73. The quantitative estimate of drug-likeness (QED) is 0.773. The van der Waals surface area contributed by atoms with Crippen molar-refractivity contribution in [2.45, 2.75) is 51.6 Å². The lowest BCUT2D eigenvalue weighted by Gasteiger charge is -2.46. The lowest BCUT2D eigenvalue weighted by Crippen LogP contribution is -2.62. The van der Waals surface area contributed by atoms with E-state index in [0.29, 0.717) is 5.54 Å². The van der Waals surface area contributed by atoms with Crippen molar-refractivity contribution < 1.29 is 0 Å². The Labute approximate surface area is 106 Å². The van der Waals surface area contributed by atoms with E-state index in [4.69, 9.17) is 0 Å². The predicted octanol–water partition coefficient (Wildman–Crippen LogP) is 2.59. The fraction of sp³-hybridized carbons (Fsp3) is 1.00. The Morgan fingerprint density at radius 2 is 2.00 bits per heavy atom. The Morgan fingerprint density at radius 1 is 1.31 bits per heavy atom. The highest BCUT2D eigenvalue weighted by Gasteiger charge is 2.33. The monoisotopic (exact) mass is 244 g/mol. The topological polar surface area (TPSA) is 15.3 Å². The minimum Gasteiger partial charge on any atom is -0.309 e. The van der Waals surface area contributed by atoms with Crippen molar-refractivity contribution >= 4 is 11.8 Å². The zero-order valence-corrected chi connectivity index (χ0v) is 12.2. The number of hydrogen-bond acceptors (Lipinski definition) is 3. The summed E-state index contributed by atoms with van der Waals surface area (Å²) < 4.78 is 0. The molecule has 0 amide bonds. The van der Waals surface area contributed by atoms with Crippen molar-refractivity contribution in [2.75, 3.05) is 31.6 Å². The molecule has 0 aromatic rings. The second-order valence-electron chi connectivity index (χ2n) is 4.90. The van der Waals surface area contributed by atoms with Gasteiger partial charge in [-0.2, -0.15) is 11.8 Å². The first-order chi connectivity index (χ1) is 7.71. The molecule has 2 nitrogen and oxygen atoms in total. The Balaban J connectivity index is 2.60. The Bertz CT molecular complexity index is 192. The number of hydrogen-bond donors (Lipinski definition) is 1. The first-order valence-corrected chi connectivity index (χ1v) is 8.08. The van der Waals surface area contributed by atoms with Crippen molar-refractivity contribution in [3.8, 4) is 0 Å². The summed E-state index contributed by atoms with van der Waals surface area (Å²) >= 11 is 1.98. The van der Waals surface area contributed by atoms with E-state index >= 15 is 0 Å². The van der Waals surface area contributed by atoms with Gasteiger partial charge in [-0.3, -0.25) is 4.90 Å². The summed E-state index contributed by atoms with van der Waals surface area (Å²) in [6.07, 6.45) is 5.99. The zero-order valence-electron chi connectivity index (χ0n) is 11.4. The SMILES string of the molecule is CCC(CSC)N1CCNC(CC)(CC)C1. The van der Waals surface area contributed by atoms with Crippen LogP contribution in [0.3, 0.4) is 0 Å². The first kappa shape index (κ1) is 14.3. The van der Waals surface area contributed by atoms with Crippen molar-refractivity contribution in [1.29, 1.82) is 0 Å². The highest BCUT2D eigenvalue weighted by Crippen LogP contribution is 2.23. The van der Waals surface area contributed by atoms with E-state index in [-0.39, 0.29) is 0 Å². The van der Waals surface area contributed by atoms with E-state index in [2.05, 4.69) is 37.2 Å². The molecule has 1 aliphatic rings. The molecule has 0 radical (unpaired) electrons. The minimum atomic E-state index is 0.379. The van der Waals surface area contributed by atoms with Gasteiger partial charge >= 0.3 is 0 Å². The number of nitrogens with one attached hydrogen (secondary N) is 1.